The summed E-state index contributed by atoms with van der Waals surface area (Å²) < 4.78 is 0. The molecule has 1 N–H and O–H groups in total. The first-order valence-corrected chi connectivity index (χ1v) is 7.29. The Kier molecular flexibility index (Phi) is 2.78. The Hall–Kier alpha value is -2.54. The van der Waals surface area contributed by atoms with E-state index in [9.17, 15) is 5.11 Å². The molecule has 0 saturated heterocycles. The topological polar surface area (TPSA) is 20.2 Å². The number of hydrogen-bond acceptors (Lipinski definition) is 1. The van der Waals surface area contributed by atoms with Crippen molar-refractivity contribution in [2.24, 2.45) is 0 Å². The highest BCUT2D eigenvalue weighted by Gasteiger charge is 2.22. The summed E-state index contributed by atoms with van der Waals surface area (Å²) in [5.41, 5.74) is 7.51. The minimum Gasteiger partial charge on any atom is -0.508 e. The molecule has 0 saturated carbocycles. The van der Waals surface area contributed by atoms with E-state index in [0.29, 0.717) is 5.75 Å². The average Bonchev–Trinajstić information content (AvgIpc) is 2.90. The largest absolute Gasteiger partial charge is 0.508 e. The summed E-state index contributed by atoms with van der Waals surface area (Å²) >= 11 is 0. The number of hydrogen-bond donors (Lipinski definition) is 1. The highest BCUT2D eigenvalue weighted by atomic mass is 16.3. The molecule has 21 heavy (non-hydrogen) atoms. The molecule has 1 aliphatic rings. The predicted octanol–water partition coefficient (Wildman–Crippen LogP) is 4.55. The maximum Gasteiger partial charge on any atom is 0.119 e. The Morgan fingerprint density at radius 3 is 2.38 bits per heavy atom. The first kappa shape index (κ1) is 12.2. The number of benzene rings is 3. The van der Waals surface area contributed by atoms with E-state index in [1.54, 1.807) is 0 Å². The zero-order valence-electron chi connectivity index (χ0n) is 11.7. The van der Waals surface area contributed by atoms with Crippen LogP contribution < -0.4 is 0 Å². The predicted molar refractivity (Wildman–Crippen MR) is 85.6 cm³/mol. The van der Waals surface area contributed by atoms with E-state index in [1.807, 2.05) is 30.3 Å². The fraction of sp³-hybridized carbons (Fsp3) is 0.100. The molecule has 0 amide bonds. The number of aromatic hydroxyl groups is 1. The van der Waals surface area contributed by atoms with Crippen molar-refractivity contribution in [2.45, 2.75) is 12.8 Å². The van der Waals surface area contributed by atoms with Crippen LogP contribution in [0, 0.1) is 0 Å². The van der Waals surface area contributed by atoms with Crippen LogP contribution >= 0.6 is 0 Å². The quantitative estimate of drug-likeness (QED) is 0.567. The molecule has 0 radical (unpaired) electrons. The van der Waals surface area contributed by atoms with Crippen molar-refractivity contribution >= 4 is 0 Å². The molecule has 0 atom stereocenters. The fourth-order valence-electron chi connectivity index (χ4n) is 3.26. The Morgan fingerprint density at radius 1 is 0.762 bits per heavy atom. The molecule has 1 nitrogen and oxygen atoms in total. The van der Waals surface area contributed by atoms with E-state index in [4.69, 9.17) is 0 Å². The van der Waals surface area contributed by atoms with Gasteiger partial charge in [0, 0.05) is 12.0 Å². The van der Waals surface area contributed by atoms with Gasteiger partial charge in [0.05, 0.1) is 0 Å². The number of rotatable bonds is 2. The van der Waals surface area contributed by atoms with Crippen molar-refractivity contribution in [2.75, 3.05) is 0 Å². The number of phenols is 1. The van der Waals surface area contributed by atoms with E-state index in [2.05, 4.69) is 36.4 Å². The van der Waals surface area contributed by atoms with Crippen molar-refractivity contribution in [3.63, 3.8) is 0 Å². The van der Waals surface area contributed by atoms with Gasteiger partial charge in [-0.3, -0.25) is 0 Å². The highest BCUT2D eigenvalue weighted by Crippen LogP contribution is 2.41. The summed E-state index contributed by atoms with van der Waals surface area (Å²) in [6.45, 7) is 0. The first-order valence-electron chi connectivity index (χ1n) is 7.29. The van der Waals surface area contributed by atoms with E-state index in [-0.39, 0.29) is 0 Å². The summed E-state index contributed by atoms with van der Waals surface area (Å²) in [7, 11) is 0. The number of fused-ring (bicyclic) bond motifs is 3. The second kappa shape index (κ2) is 4.78. The lowest BCUT2D eigenvalue weighted by Crippen LogP contribution is -1.95. The van der Waals surface area contributed by atoms with Crippen LogP contribution in [0.2, 0.25) is 0 Å². The minimum absolute atomic E-state index is 0.408. The van der Waals surface area contributed by atoms with Crippen molar-refractivity contribution < 1.29 is 5.11 Å². The van der Waals surface area contributed by atoms with Crippen LogP contribution in [0.3, 0.4) is 0 Å². The minimum atomic E-state index is 0.408. The Balaban J connectivity index is 1.83. The van der Waals surface area contributed by atoms with Crippen LogP contribution in [-0.2, 0) is 12.8 Å². The lowest BCUT2D eigenvalue weighted by atomic mass is 9.95. The normalized spacial score (nSPS) is 12.0. The highest BCUT2D eigenvalue weighted by molar-refractivity contribution is 5.79. The summed E-state index contributed by atoms with van der Waals surface area (Å²) in [5, 5.41) is 10.3. The van der Waals surface area contributed by atoms with Gasteiger partial charge in [0.1, 0.15) is 5.75 Å². The van der Waals surface area contributed by atoms with Gasteiger partial charge < -0.3 is 5.11 Å². The Bertz CT molecular complexity index is 803. The third kappa shape index (κ3) is 2.02. The second-order valence-corrected chi connectivity index (χ2v) is 5.59. The maximum atomic E-state index is 10.3. The molecule has 102 valence electrons. The maximum absolute atomic E-state index is 10.3. The Morgan fingerprint density at radius 2 is 1.52 bits per heavy atom. The molecule has 1 aliphatic carbocycles. The van der Waals surface area contributed by atoms with Gasteiger partial charge in [-0.1, -0.05) is 60.7 Å². The van der Waals surface area contributed by atoms with E-state index in [0.717, 1.165) is 18.4 Å². The molecule has 3 aromatic rings. The molecule has 0 fully saturated rings. The molecule has 4 rings (SSSR count). The zero-order valence-corrected chi connectivity index (χ0v) is 11.7. The molecule has 0 spiro atoms. The van der Waals surface area contributed by atoms with Crippen molar-refractivity contribution in [1.82, 2.24) is 0 Å². The van der Waals surface area contributed by atoms with E-state index in [1.165, 1.54) is 27.8 Å². The van der Waals surface area contributed by atoms with Gasteiger partial charge >= 0.3 is 0 Å². The second-order valence-electron chi connectivity index (χ2n) is 5.59. The Labute approximate surface area is 124 Å². The third-order valence-electron chi connectivity index (χ3n) is 4.30. The van der Waals surface area contributed by atoms with Crippen LogP contribution in [0.1, 0.15) is 22.3 Å². The van der Waals surface area contributed by atoms with Crippen LogP contribution in [0.5, 0.6) is 5.75 Å². The zero-order chi connectivity index (χ0) is 14.2. The monoisotopic (exact) mass is 272 g/mol. The standard InChI is InChI=1S/C20H16O/c21-20-11-10-17-16-9-5-4-8-15(16)13-18(17)19(20)12-14-6-2-1-3-7-14/h1-11,21H,12-13H2. The molecule has 0 bridgehead atoms. The summed E-state index contributed by atoms with van der Waals surface area (Å²) in [6, 6.07) is 22.7. The van der Waals surface area contributed by atoms with Gasteiger partial charge in [0.25, 0.3) is 0 Å². The van der Waals surface area contributed by atoms with Gasteiger partial charge in [0.2, 0.25) is 0 Å². The fourth-order valence-corrected chi connectivity index (χ4v) is 3.26. The van der Waals surface area contributed by atoms with Crippen molar-refractivity contribution in [3.8, 4) is 16.9 Å². The SMILES string of the molecule is Oc1ccc2c(c1Cc1ccccc1)Cc1ccccc1-2. The van der Waals surface area contributed by atoms with Gasteiger partial charge in [-0.2, -0.15) is 0 Å². The van der Waals surface area contributed by atoms with Crippen molar-refractivity contribution in [3.05, 3.63) is 89.0 Å². The third-order valence-corrected chi connectivity index (χ3v) is 4.30. The van der Waals surface area contributed by atoms with Crippen molar-refractivity contribution in [1.29, 1.82) is 0 Å². The summed E-state index contributed by atoms with van der Waals surface area (Å²) in [6.07, 6.45) is 1.70. The lowest BCUT2D eigenvalue weighted by molar-refractivity contribution is 0.469. The van der Waals surface area contributed by atoms with Crippen LogP contribution in [0.4, 0.5) is 0 Å². The van der Waals surface area contributed by atoms with E-state index < -0.39 is 0 Å². The van der Waals surface area contributed by atoms with Crippen LogP contribution in [0.15, 0.2) is 66.7 Å². The lowest BCUT2D eigenvalue weighted by Gasteiger charge is -2.11. The summed E-state index contributed by atoms with van der Waals surface area (Å²) in [5.74, 6) is 0.408. The summed E-state index contributed by atoms with van der Waals surface area (Å²) in [4.78, 5) is 0. The molecular formula is C20H16O. The van der Waals surface area contributed by atoms with Gasteiger partial charge in [-0.05, 0) is 40.3 Å². The average molecular weight is 272 g/mol. The molecule has 1 heteroatoms. The smallest absolute Gasteiger partial charge is 0.119 e. The van der Waals surface area contributed by atoms with Crippen LogP contribution in [-0.4, -0.2) is 5.11 Å². The molecule has 3 aromatic carbocycles. The van der Waals surface area contributed by atoms with Crippen LogP contribution in [0.25, 0.3) is 11.1 Å². The van der Waals surface area contributed by atoms with Gasteiger partial charge in [-0.25, -0.2) is 0 Å². The van der Waals surface area contributed by atoms with E-state index >= 15 is 0 Å². The van der Waals surface area contributed by atoms with Gasteiger partial charge in [0.15, 0.2) is 0 Å². The molecule has 0 aromatic heterocycles. The molecule has 0 heterocycles. The number of phenolic OH excluding ortho intramolecular Hbond substituents is 1. The molecular weight excluding hydrogens is 256 g/mol. The molecule has 0 unspecified atom stereocenters. The first-order chi connectivity index (χ1) is 10.3. The molecule has 0 aliphatic heterocycles. The van der Waals surface area contributed by atoms with Gasteiger partial charge in [-0.15, -0.1) is 0 Å².